The number of benzene rings is 2. The Kier molecular flexibility index (Phi) is 6.73. The van der Waals surface area contributed by atoms with E-state index in [-0.39, 0.29) is 29.7 Å². The molecule has 2 rings (SSSR count). The van der Waals surface area contributed by atoms with E-state index in [4.69, 9.17) is 34.8 Å². The number of amides is 1. The predicted octanol–water partition coefficient (Wildman–Crippen LogP) is 5.54. The van der Waals surface area contributed by atoms with Crippen molar-refractivity contribution in [2.24, 2.45) is 0 Å². The van der Waals surface area contributed by atoms with E-state index in [9.17, 15) is 9.59 Å². The van der Waals surface area contributed by atoms with Gasteiger partial charge in [-0.2, -0.15) is 0 Å². The van der Waals surface area contributed by atoms with Crippen LogP contribution in [0, 0.1) is 0 Å². The lowest BCUT2D eigenvalue weighted by Gasteiger charge is -2.39. The van der Waals surface area contributed by atoms with Gasteiger partial charge in [0.25, 0.3) is 0 Å². The summed E-state index contributed by atoms with van der Waals surface area (Å²) in [4.78, 5) is 26.4. The molecule has 0 aliphatic rings. The van der Waals surface area contributed by atoms with Crippen LogP contribution in [0.5, 0.6) is 0 Å². The minimum absolute atomic E-state index is 0.00344. The molecule has 6 heteroatoms. The summed E-state index contributed by atoms with van der Waals surface area (Å²) in [7, 11) is 0. The van der Waals surface area contributed by atoms with Crippen LogP contribution in [-0.4, -0.2) is 23.1 Å². The Morgan fingerprint density at radius 3 is 2.04 bits per heavy atom. The van der Waals surface area contributed by atoms with Gasteiger partial charge in [0.15, 0.2) is 0 Å². The minimum Gasteiger partial charge on any atom is -0.326 e. The molecule has 0 aromatic heterocycles. The highest BCUT2D eigenvalue weighted by Gasteiger charge is 2.34. The number of hydrogen-bond donors (Lipinski definition) is 0. The molecule has 3 nitrogen and oxygen atoms in total. The van der Waals surface area contributed by atoms with Crippen LogP contribution in [0.2, 0.25) is 15.1 Å². The molecular weight excluding hydrogens is 393 g/mol. The van der Waals surface area contributed by atoms with Gasteiger partial charge in [0.2, 0.25) is 5.91 Å². The van der Waals surface area contributed by atoms with Crippen LogP contribution in [0.15, 0.2) is 42.5 Å². The number of nitrogens with zero attached hydrogens (tertiary/aromatic N) is 1. The summed E-state index contributed by atoms with van der Waals surface area (Å²) >= 11 is 18.4. The van der Waals surface area contributed by atoms with E-state index in [1.165, 1.54) is 6.92 Å². The van der Waals surface area contributed by atoms with Gasteiger partial charge in [0.1, 0.15) is 5.78 Å². The number of Topliss-reactive ketones (excluding diaryl/α,β-unsaturated/α-hetero) is 1. The standard InChI is InChI=1S/C20H20Cl3NO2/c1-13(25)12-24(18(26)9-14-7-5-4-6-8-14)20(2,3)15-10-16(21)19(23)17(22)11-15/h4-8,10-11H,9,12H2,1-3H3. The Morgan fingerprint density at radius 1 is 1.00 bits per heavy atom. The molecule has 0 saturated carbocycles. The van der Waals surface area contributed by atoms with Gasteiger partial charge in [-0.3, -0.25) is 9.59 Å². The van der Waals surface area contributed by atoms with Gasteiger partial charge >= 0.3 is 0 Å². The second kappa shape index (κ2) is 8.43. The van der Waals surface area contributed by atoms with Gasteiger partial charge in [0.05, 0.1) is 33.6 Å². The van der Waals surface area contributed by atoms with E-state index >= 15 is 0 Å². The fourth-order valence-corrected chi connectivity index (χ4v) is 3.35. The predicted molar refractivity (Wildman–Crippen MR) is 107 cm³/mol. The Bertz CT molecular complexity index is 796. The van der Waals surface area contributed by atoms with Crippen LogP contribution in [0.4, 0.5) is 0 Å². The average molecular weight is 413 g/mol. The van der Waals surface area contributed by atoms with Crippen molar-refractivity contribution in [1.82, 2.24) is 4.90 Å². The van der Waals surface area contributed by atoms with Crippen molar-refractivity contribution < 1.29 is 9.59 Å². The molecule has 0 unspecified atom stereocenters. The van der Waals surface area contributed by atoms with Crippen LogP contribution in [0.3, 0.4) is 0 Å². The highest BCUT2D eigenvalue weighted by atomic mass is 35.5. The molecule has 26 heavy (non-hydrogen) atoms. The van der Waals surface area contributed by atoms with Gasteiger partial charge in [-0.05, 0) is 44.0 Å². The number of carbonyl (C=O) groups is 2. The number of hydrogen-bond acceptors (Lipinski definition) is 2. The number of rotatable bonds is 6. The highest BCUT2D eigenvalue weighted by molar-refractivity contribution is 6.48. The lowest BCUT2D eigenvalue weighted by molar-refractivity contribution is -0.140. The average Bonchev–Trinajstić information content (AvgIpc) is 2.57. The van der Waals surface area contributed by atoms with E-state index in [0.29, 0.717) is 15.6 Å². The monoisotopic (exact) mass is 411 g/mol. The molecule has 0 N–H and O–H groups in total. The quantitative estimate of drug-likeness (QED) is 0.584. The van der Waals surface area contributed by atoms with Crippen molar-refractivity contribution in [2.75, 3.05) is 6.54 Å². The van der Waals surface area contributed by atoms with Crippen molar-refractivity contribution in [3.05, 3.63) is 68.7 Å². The van der Waals surface area contributed by atoms with E-state index < -0.39 is 5.54 Å². The van der Waals surface area contributed by atoms with E-state index in [0.717, 1.165) is 5.56 Å². The normalized spacial score (nSPS) is 11.3. The molecule has 138 valence electrons. The summed E-state index contributed by atoms with van der Waals surface area (Å²) in [5, 5.41) is 0.877. The molecule has 2 aromatic rings. The number of carbonyl (C=O) groups excluding carboxylic acids is 2. The molecule has 0 saturated heterocycles. The van der Waals surface area contributed by atoms with Gasteiger partial charge in [0, 0.05) is 0 Å². The Hall–Kier alpha value is -1.55. The zero-order valence-electron chi connectivity index (χ0n) is 14.9. The summed E-state index contributed by atoms with van der Waals surface area (Å²) in [5.74, 6) is -0.260. The van der Waals surface area contributed by atoms with Crippen molar-refractivity contribution in [1.29, 1.82) is 0 Å². The van der Waals surface area contributed by atoms with Crippen molar-refractivity contribution in [3.8, 4) is 0 Å². The Balaban J connectivity index is 2.41. The third kappa shape index (κ3) is 4.79. The zero-order valence-corrected chi connectivity index (χ0v) is 17.1. The molecule has 0 aliphatic heterocycles. The largest absolute Gasteiger partial charge is 0.326 e. The maximum absolute atomic E-state index is 13.0. The molecule has 0 bridgehead atoms. The molecule has 0 heterocycles. The van der Waals surface area contributed by atoms with Crippen LogP contribution < -0.4 is 0 Å². The summed E-state index contributed by atoms with van der Waals surface area (Å²) in [6.45, 7) is 5.17. The van der Waals surface area contributed by atoms with E-state index in [1.807, 2.05) is 44.2 Å². The van der Waals surface area contributed by atoms with Crippen LogP contribution >= 0.6 is 34.8 Å². The van der Waals surface area contributed by atoms with Gasteiger partial charge in [-0.15, -0.1) is 0 Å². The number of ketones is 1. The SMILES string of the molecule is CC(=O)CN(C(=O)Cc1ccccc1)C(C)(C)c1cc(Cl)c(Cl)c(Cl)c1. The maximum atomic E-state index is 13.0. The summed E-state index contributed by atoms with van der Waals surface area (Å²) in [6, 6.07) is 12.8. The summed E-state index contributed by atoms with van der Waals surface area (Å²) in [5.41, 5.74) is 0.795. The Morgan fingerprint density at radius 2 is 1.54 bits per heavy atom. The third-order valence-electron chi connectivity index (χ3n) is 4.25. The first-order valence-electron chi connectivity index (χ1n) is 8.11. The van der Waals surface area contributed by atoms with Gasteiger partial charge in [-0.25, -0.2) is 0 Å². The first-order valence-corrected chi connectivity index (χ1v) is 9.25. The third-order valence-corrected chi connectivity index (χ3v) is 5.44. The topological polar surface area (TPSA) is 37.4 Å². The minimum atomic E-state index is -0.796. The fraction of sp³-hybridized carbons (Fsp3) is 0.300. The highest BCUT2D eigenvalue weighted by Crippen LogP contribution is 2.37. The summed E-state index contributed by atoms with van der Waals surface area (Å²) < 4.78 is 0. The maximum Gasteiger partial charge on any atom is 0.228 e. The van der Waals surface area contributed by atoms with Crippen LogP contribution in [-0.2, 0) is 21.5 Å². The van der Waals surface area contributed by atoms with Gasteiger partial charge < -0.3 is 4.90 Å². The molecule has 0 fully saturated rings. The smallest absolute Gasteiger partial charge is 0.228 e. The lowest BCUT2D eigenvalue weighted by Crippen LogP contribution is -2.48. The Labute approximate surface area is 168 Å². The van der Waals surface area contributed by atoms with E-state index in [2.05, 4.69) is 0 Å². The van der Waals surface area contributed by atoms with E-state index in [1.54, 1.807) is 17.0 Å². The lowest BCUT2D eigenvalue weighted by atomic mass is 9.91. The summed E-state index contributed by atoms with van der Waals surface area (Å²) in [6.07, 6.45) is 0.201. The van der Waals surface area contributed by atoms with Gasteiger partial charge in [-0.1, -0.05) is 65.1 Å². The van der Waals surface area contributed by atoms with Crippen molar-refractivity contribution >= 4 is 46.5 Å². The zero-order chi connectivity index (χ0) is 19.5. The second-order valence-corrected chi connectivity index (χ2v) is 7.85. The molecule has 0 radical (unpaired) electrons. The van der Waals surface area contributed by atoms with Crippen LogP contribution in [0.1, 0.15) is 31.9 Å². The van der Waals surface area contributed by atoms with Crippen LogP contribution in [0.25, 0.3) is 0 Å². The van der Waals surface area contributed by atoms with Crippen molar-refractivity contribution in [2.45, 2.75) is 32.7 Å². The molecule has 0 spiro atoms. The second-order valence-electron chi connectivity index (χ2n) is 6.66. The molecule has 1 amide bonds. The fourth-order valence-electron chi connectivity index (χ4n) is 2.75. The molecular formula is C20H20Cl3NO2. The molecule has 0 atom stereocenters. The molecule has 0 aliphatic carbocycles. The van der Waals surface area contributed by atoms with Crippen molar-refractivity contribution in [3.63, 3.8) is 0 Å². The number of halogens is 3. The first kappa shape index (κ1) is 20.8. The molecule has 2 aromatic carbocycles. The first-order chi connectivity index (χ1) is 12.1.